The number of carbonyl (C=O) groups excluding carboxylic acids is 1. The number of rotatable bonds is 8. The summed E-state index contributed by atoms with van der Waals surface area (Å²) in [6.07, 6.45) is 2.67. The van der Waals surface area contributed by atoms with Crippen molar-refractivity contribution in [1.29, 1.82) is 5.26 Å². The van der Waals surface area contributed by atoms with Crippen molar-refractivity contribution in [3.05, 3.63) is 65.2 Å². The van der Waals surface area contributed by atoms with Gasteiger partial charge in [-0.2, -0.15) is 14.0 Å². The van der Waals surface area contributed by atoms with Crippen LogP contribution in [0.4, 0.5) is 8.78 Å². The third-order valence-electron chi connectivity index (χ3n) is 3.40. The maximum atomic E-state index is 12.4. The molecule has 0 aliphatic heterocycles. The quantitative estimate of drug-likeness (QED) is 0.509. The number of benzene rings is 2. The largest absolute Gasteiger partial charge is 0.490 e. The van der Waals surface area contributed by atoms with Crippen molar-refractivity contribution in [2.24, 2.45) is 0 Å². The van der Waals surface area contributed by atoms with Gasteiger partial charge in [0.15, 0.2) is 11.5 Å². The monoisotopic (exact) mass is 373 g/mol. The first-order valence-electron chi connectivity index (χ1n) is 8.08. The molecule has 0 heterocycles. The normalized spacial score (nSPS) is 10.6. The van der Waals surface area contributed by atoms with Gasteiger partial charge in [0.05, 0.1) is 18.2 Å². The molecule has 0 radical (unpaired) electrons. The number of alkyl halides is 2. The summed E-state index contributed by atoms with van der Waals surface area (Å²) in [5.41, 5.74) is 1.59. The number of ether oxygens (including phenoxy) is 3. The zero-order valence-corrected chi connectivity index (χ0v) is 14.5. The van der Waals surface area contributed by atoms with Gasteiger partial charge in [-0.3, -0.25) is 0 Å². The lowest BCUT2D eigenvalue weighted by molar-refractivity contribution is -0.138. The molecular weight excluding hydrogens is 356 g/mol. The van der Waals surface area contributed by atoms with Gasteiger partial charge >= 0.3 is 12.6 Å². The molecule has 0 aliphatic carbocycles. The molecule has 5 nitrogen and oxygen atoms in total. The fourth-order valence-electron chi connectivity index (χ4n) is 2.21. The molecule has 27 heavy (non-hydrogen) atoms. The molecule has 0 aliphatic rings. The van der Waals surface area contributed by atoms with E-state index in [0.717, 1.165) is 0 Å². The van der Waals surface area contributed by atoms with Crippen LogP contribution in [0.15, 0.2) is 48.5 Å². The summed E-state index contributed by atoms with van der Waals surface area (Å²) in [7, 11) is 0. The Morgan fingerprint density at radius 3 is 2.70 bits per heavy atom. The second kappa shape index (κ2) is 9.92. The van der Waals surface area contributed by atoms with Crippen LogP contribution in [0.3, 0.4) is 0 Å². The van der Waals surface area contributed by atoms with Crippen molar-refractivity contribution in [3.8, 4) is 17.6 Å². The van der Waals surface area contributed by atoms with Crippen molar-refractivity contribution >= 4 is 12.0 Å². The molecule has 2 aromatic carbocycles. The Balaban J connectivity index is 2.02. The van der Waals surface area contributed by atoms with Crippen LogP contribution in [0.1, 0.15) is 23.6 Å². The lowest BCUT2D eigenvalue weighted by Crippen LogP contribution is -2.04. The van der Waals surface area contributed by atoms with Crippen molar-refractivity contribution in [3.63, 3.8) is 0 Å². The van der Waals surface area contributed by atoms with Crippen LogP contribution in [0, 0.1) is 11.3 Å². The summed E-state index contributed by atoms with van der Waals surface area (Å²) in [5, 5.41) is 9.01. The van der Waals surface area contributed by atoms with E-state index in [1.807, 2.05) is 6.07 Å². The molecular formula is C20H17F2NO4. The Labute approximate surface area is 155 Å². The molecule has 0 saturated heterocycles. The highest BCUT2D eigenvalue weighted by Gasteiger charge is 2.11. The van der Waals surface area contributed by atoms with Crippen LogP contribution in [0.5, 0.6) is 11.5 Å². The molecule has 0 bridgehead atoms. The summed E-state index contributed by atoms with van der Waals surface area (Å²) >= 11 is 0. The van der Waals surface area contributed by atoms with Gasteiger partial charge in [0.25, 0.3) is 0 Å². The van der Waals surface area contributed by atoms with E-state index in [0.29, 0.717) is 16.7 Å². The average molecular weight is 373 g/mol. The standard InChI is InChI=1S/C20H17F2NO4/c1-2-25-18-11-14(7-9-17(18)27-20(21)22)8-10-19(24)26-13-16-6-4-3-5-15(16)12-23/h3-11,20H,2,13H2,1H3/b10-8+. The maximum absolute atomic E-state index is 12.4. The molecule has 2 aromatic rings. The third kappa shape index (κ3) is 6.12. The maximum Gasteiger partial charge on any atom is 0.387 e. The predicted molar refractivity (Wildman–Crippen MR) is 94.2 cm³/mol. The SMILES string of the molecule is CCOc1cc(/C=C/C(=O)OCc2ccccc2C#N)ccc1OC(F)F. The van der Waals surface area contributed by atoms with Gasteiger partial charge in [-0.05, 0) is 36.8 Å². The summed E-state index contributed by atoms with van der Waals surface area (Å²) in [4.78, 5) is 11.9. The number of hydrogen-bond acceptors (Lipinski definition) is 5. The van der Waals surface area contributed by atoms with E-state index in [1.165, 1.54) is 30.4 Å². The fraction of sp³-hybridized carbons (Fsp3) is 0.200. The van der Waals surface area contributed by atoms with Crippen molar-refractivity contribution in [2.75, 3.05) is 6.61 Å². The minimum atomic E-state index is -2.96. The van der Waals surface area contributed by atoms with Gasteiger partial charge in [-0.15, -0.1) is 0 Å². The molecule has 0 aromatic heterocycles. The molecule has 0 amide bonds. The van der Waals surface area contributed by atoms with E-state index in [4.69, 9.17) is 14.7 Å². The number of nitriles is 1. The van der Waals surface area contributed by atoms with Crippen LogP contribution in [0.2, 0.25) is 0 Å². The molecule has 0 spiro atoms. The van der Waals surface area contributed by atoms with Crippen LogP contribution in [-0.4, -0.2) is 19.2 Å². The minimum absolute atomic E-state index is 0.0295. The van der Waals surface area contributed by atoms with E-state index < -0.39 is 12.6 Å². The Morgan fingerprint density at radius 2 is 2.00 bits per heavy atom. The smallest absolute Gasteiger partial charge is 0.387 e. The first-order valence-corrected chi connectivity index (χ1v) is 8.08. The summed E-state index contributed by atoms with van der Waals surface area (Å²) in [6.45, 7) is -1.01. The highest BCUT2D eigenvalue weighted by atomic mass is 19.3. The molecule has 0 atom stereocenters. The fourth-order valence-corrected chi connectivity index (χ4v) is 2.21. The average Bonchev–Trinajstić information content (AvgIpc) is 2.66. The zero-order valence-electron chi connectivity index (χ0n) is 14.5. The summed E-state index contributed by atoms with van der Waals surface area (Å²) in [5.74, 6) is -0.537. The third-order valence-corrected chi connectivity index (χ3v) is 3.40. The van der Waals surface area contributed by atoms with Gasteiger partial charge in [0.1, 0.15) is 6.61 Å². The van der Waals surface area contributed by atoms with Crippen LogP contribution < -0.4 is 9.47 Å². The predicted octanol–water partition coefficient (Wildman–Crippen LogP) is 4.31. The van der Waals surface area contributed by atoms with Crippen LogP contribution >= 0.6 is 0 Å². The molecule has 0 N–H and O–H groups in total. The Kier molecular flexibility index (Phi) is 7.32. The molecule has 2 rings (SSSR count). The van der Waals surface area contributed by atoms with Crippen molar-refractivity contribution in [1.82, 2.24) is 0 Å². The highest BCUT2D eigenvalue weighted by molar-refractivity contribution is 5.87. The van der Waals surface area contributed by atoms with E-state index in [9.17, 15) is 13.6 Å². The van der Waals surface area contributed by atoms with Crippen molar-refractivity contribution < 1.29 is 27.8 Å². The topological polar surface area (TPSA) is 68.5 Å². The molecule has 0 saturated carbocycles. The highest BCUT2D eigenvalue weighted by Crippen LogP contribution is 2.30. The van der Waals surface area contributed by atoms with E-state index >= 15 is 0 Å². The Hall–Kier alpha value is -3.40. The lowest BCUT2D eigenvalue weighted by Gasteiger charge is -2.11. The molecule has 7 heteroatoms. The summed E-state index contributed by atoms with van der Waals surface area (Å²) < 4.78 is 39.6. The zero-order chi connectivity index (χ0) is 19.6. The lowest BCUT2D eigenvalue weighted by atomic mass is 10.1. The second-order valence-corrected chi connectivity index (χ2v) is 5.23. The van der Waals surface area contributed by atoms with E-state index in [1.54, 1.807) is 31.2 Å². The molecule has 0 unspecified atom stereocenters. The first kappa shape index (κ1) is 19.9. The molecule has 0 fully saturated rings. The van der Waals surface area contributed by atoms with E-state index in [2.05, 4.69) is 4.74 Å². The van der Waals surface area contributed by atoms with Crippen LogP contribution in [0.25, 0.3) is 6.08 Å². The number of esters is 1. The van der Waals surface area contributed by atoms with Crippen molar-refractivity contribution in [2.45, 2.75) is 20.1 Å². The Bertz CT molecular complexity index is 859. The first-order chi connectivity index (χ1) is 13.0. The van der Waals surface area contributed by atoms with Gasteiger partial charge < -0.3 is 14.2 Å². The Morgan fingerprint density at radius 1 is 1.22 bits per heavy atom. The number of nitrogens with zero attached hydrogens (tertiary/aromatic N) is 1. The number of hydrogen-bond donors (Lipinski definition) is 0. The van der Waals surface area contributed by atoms with Crippen LogP contribution in [-0.2, 0) is 16.1 Å². The van der Waals surface area contributed by atoms with Gasteiger partial charge in [0.2, 0.25) is 0 Å². The van der Waals surface area contributed by atoms with Gasteiger partial charge in [-0.1, -0.05) is 24.3 Å². The minimum Gasteiger partial charge on any atom is -0.490 e. The van der Waals surface area contributed by atoms with Gasteiger partial charge in [-0.25, -0.2) is 4.79 Å². The number of halogens is 2. The van der Waals surface area contributed by atoms with Gasteiger partial charge in [0, 0.05) is 11.6 Å². The van der Waals surface area contributed by atoms with E-state index in [-0.39, 0.29) is 24.7 Å². The summed E-state index contributed by atoms with van der Waals surface area (Å²) in [6, 6.07) is 13.2. The molecule has 140 valence electrons. The number of carbonyl (C=O) groups is 1. The second-order valence-electron chi connectivity index (χ2n) is 5.23.